The van der Waals surface area contributed by atoms with E-state index < -0.39 is 42.7 Å². The zero-order chi connectivity index (χ0) is 27.1. The SMILES string of the molecule is COc1ccc2nccc(C[C@H](O)[C@@H]3CC[C@@H](NC/C=C/c4cc(F)ccc4F)[C@@H](CC(O)CO)O3)c2n1. The zero-order valence-corrected chi connectivity index (χ0v) is 21.1. The lowest BCUT2D eigenvalue weighted by Crippen LogP contribution is -2.51. The van der Waals surface area contributed by atoms with E-state index in [2.05, 4.69) is 15.3 Å². The molecule has 0 spiro atoms. The van der Waals surface area contributed by atoms with Gasteiger partial charge in [0.1, 0.15) is 11.6 Å². The number of methoxy groups -OCH3 is 1. The summed E-state index contributed by atoms with van der Waals surface area (Å²) in [6.45, 7) is -0.0471. The summed E-state index contributed by atoms with van der Waals surface area (Å²) in [6, 6.07) is 8.45. The van der Waals surface area contributed by atoms with Gasteiger partial charge in [0.15, 0.2) is 0 Å². The van der Waals surface area contributed by atoms with E-state index in [1.54, 1.807) is 18.3 Å². The molecule has 0 saturated carbocycles. The minimum Gasteiger partial charge on any atom is -0.481 e. The first kappa shape index (κ1) is 28.0. The molecule has 5 atom stereocenters. The molecule has 1 aromatic carbocycles. The van der Waals surface area contributed by atoms with Crippen molar-refractivity contribution in [3.8, 4) is 5.88 Å². The fourth-order valence-corrected chi connectivity index (χ4v) is 4.74. The smallest absolute Gasteiger partial charge is 0.213 e. The molecule has 204 valence electrons. The summed E-state index contributed by atoms with van der Waals surface area (Å²) in [5.74, 6) is -0.576. The van der Waals surface area contributed by atoms with Crippen LogP contribution in [0.25, 0.3) is 17.1 Å². The minimum atomic E-state index is -0.974. The van der Waals surface area contributed by atoms with Crippen LogP contribution in [0.1, 0.15) is 30.4 Å². The van der Waals surface area contributed by atoms with E-state index in [4.69, 9.17) is 9.47 Å². The normalized spacial score (nSPS) is 21.6. The van der Waals surface area contributed by atoms with E-state index in [0.717, 1.165) is 23.8 Å². The van der Waals surface area contributed by atoms with Gasteiger partial charge in [-0.25, -0.2) is 13.8 Å². The van der Waals surface area contributed by atoms with Gasteiger partial charge in [-0.2, -0.15) is 0 Å². The number of pyridine rings is 2. The van der Waals surface area contributed by atoms with Crippen LogP contribution in [0.15, 0.2) is 48.7 Å². The van der Waals surface area contributed by atoms with Crippen LogP contribution in [0.2, 0.25) is 0 Å². The van der Waals surface area contributed by atoms with Crippen LogP contribution in [0.4, 0.5) is 8.78 Å². The Labute approximate surface area is 220 Å². The highest BCUT2D eigenvalue weighted by molar-refractivity contribution is 5.78. The van der Waals surface area contributed by atoms with Crippen LogP contribution < -0.4 is 10.1 Å². The maximum absolute atomic E-state index is 13.8. The molecule has 10 heteroatoms. The van der Waals surface area contributed by atoms with Gasteiger partial charge in [0.05, 0.1) is 49.2 Å². The first-order chi connectivity index (χ1) is 18.4. The number of fused-ring (bicyclic) bond motifs is 1. The Bertz CT molecular complexity index is 1240. The van der Waals surface area contributed by atoms with Gasteiger partial charge in [-0.05, 0) is 48.7 Å². The molecule has 1 fully saturated rings. The third kappa shape index (κ3) is 7.09. The molecule has 0 radical (unpaired) electrons. The molecular formula is C28H33F2N3O5. The quantitative estimate of drug-likeness (QED) is 0.300. The Balaban J connectivity index is 1.40. The van der Waals surface area contributed by atoms with Gasteiger partial charge >= 0.3 is 0 Å². The van der Waals surface area contributed by atoms with Crippen molar-refractivity contribution in [2.45, 2.75) is 56.1 Å². The largest absolute Gasteiger partial charge is 0.481 e. The van der Waals surface area contributed by atoms with Crippen molar-refractivity contribution in [3.05, 3.63) is 71.4 Å². The van der Waals surface area contributed by atoms with Crippen LogP contribution in [-0.2, 0) is 11.2 Å². The number of aromatic nitrogens is 2. The summed E-state index contributed by atoms with van der Waals surface area (Å²) < 4.78 is 38.7. The molecule has 1 saturated heterocycles. The van der Waals surface area contributed by atoms with E-state index >= 15 is 0 Å². The summed E-state index contributed by atoms with van der Waals surface area (Å²) in [4.78, 5) is 8.81. The number of hydrogen-bond donors (Lipinski definition) is 4. The van der Waals surface area contributed by atoms with E-state index in [9.17, 15) is 24.1 Å². The molecular weight excluding hydrogens is 496 g/mol. The summed E-state index contributed by atoms with van der Waals surface area (Å²) in [6.07, 6.45) is 3.77. The number of halogens is 2. The fourth-order valence-electron chi connectivity index (χ4n) is 4.74. The van der Waals surface area contributed by atoms with Crippen molar-refractivity contribution in [1.82, 2.24) is 15.3 Å². The molecule has 1 aliphatic rings. The second kappa shape index (κ2) is 13.2. The van der Waals surface area contributed by atoms with Crippen molar-refractivity contribution >= 4 is 17.1 Å². The molecule has 0 aliphatic carbocycles. The van der Waals surface area contributed by atoms with Crippen LogP contribution in [0.3, 0.4) is 0 Å². The van der Waals surface area contributed by atoms with E-state index in [1.807, 2.05) is 12.1 Å². The van der Waals surface area contributed by atoms with Gasteiger partial charge < -0.3 is 30.1 Å². The molecule has 8 nitrogen and oxygen atoms in total. The summed E-state index contributed by atoms with van der Waals surface area (Å²) in [7, 11) is 1.54. The predicted molar refractivity (Wildman–Crippen MR) is 139 cm³/mol. The highest BCUT2D eigenvalue weighted by Gasteiger charge is 2.35. The predicted octanol–water partition coefficient (Wildman–Crippen LogP) is 2.78. The summed E-state index contributed by atoms with van der Waals surface area (Å²) in [5.41, 5.74) is 2.30. The molecule has 3 aromatic rings. The third-order valence-corrected chi connectivity index (χ3v) is 6.74. The molecule has 1 unspecified atom stereocenters. The topological polar surface area (TPSA) is 117 Å². The molecule has 38 heavy (non-hydrogen) atoms. The van der Waals surface area contributed by atoms with Gasteiger partial charge in [-0.15, -0.1) is 0 Å². The Morgan fingerprint density at radius 3 is 2.82 bits per heavy atom. The monoisotopic (exact) mass is 529 g/mol. The standard InChI is InChI=1S/C28H33F2N3O5/c1-37-27-9-7-23-28(33-27)18(10-12-32-23)14-24(36)25-8-6-22(26(38-25)15-20(35)16-34)31-11-2-3-17-13-19(29)4-5-21(17)30/h2-5,7,9-10,12-13,20,22,24-26,31,34-36H,6,8,11,14-16H2,1H3/b3-2+/t20?,22-,24+,25+,26-/m1/s1. The van der Waals surface area contributed by atoms with E-state index in [-0.39, 0.29) is 18.0 Å². The first-order valence-corrected chi connectivity index (χ1v) is 12.6. The van der Waals surface area contributed by atoms with Crippen LogP contribution in [-0.4, -0.2) is 76.0 Å². The van der Waals surface area contributed by atoms with Crippen molar-refractivity contribution < 1.29 is 33.6 Å². The zero-order valence-electron chi connectivity index (χ0n) is 21.1. The van der Waals surface area contributed by atoms with Crippen molar-refractivity contribution in [2.75, 3.05) is 20.3 Å². The van der Waals surface area contributed by atoms with Crippen LogP contribution in [0.5, 0.6) is 5.88 Å². The number of aliphatic hydroxyl groups is 3. The molecule has 1 aliphatic heterocycles. The highest BCUT2D eigenvalue weighted by Crippen LogP contribution is 2.28. The maximum Gasteiger partial charge on any atom is 0.213 e. The average molecular weight is 530 g/mol. The van der Waals surface area contributed by atoms with Crippen molar-refractivity contribution in [1.29, 1.82) is 0 Å². The van der Waals surface area contributed by atoms with Crippen LogP contribution in [0, 0.1) is 11.6 Å². The minimum absolute atomic E-state index is 0.151. The first-order valence-electron chi connectivity index (χ1n) is 12.6. The Morgan fingerprint density at radius 1 is 1.18 bits per heavy atom. The number of ether oxygens (including phenoxy) is 2. The molecule has 0 amide bonds. The number of aliphatic hydroxyl groups excluding tert-OH is 3. The van der Waals surface area contributed by atoms with Gasteiger partial charge in [0.2, 0.25) is 5.88 Å². The molecule has 4 N–H and O–H groups in total. The third-order valence-electron chi connectivity index (χ3n) is 6.74. The van der Waals surface area contributed by atoms with Crippen molar-refractivity contribution in [3.63, 3.8) is 0 Å². The molecule has 2 aromatic heterocycles. The van der Waals surface area contributed by atoms with E-state index in [0.29, 0.717) is 42.7 Å². The van der Waals surface area contributed by atoms with Gasteiger partial charge in [0.25, 0.3) is 0 Å². The molecule has 0 bridgehead atoms. The lowest BCUT2D eigenvalue weighted by molar-refractivity contribution is -0.130. The second-order valence-electron chi connectivity index (χ2n) is 9.41. The number of nitrogens with one attached hydrogen (secondary N) is 1. The van der Waals surface area contributed by atoms with E-state index in [1.165, 1.54) is 13.2 Å². The Hall–Kier alpha value is -3.02. The number of benzene rings is 1. The van der Waals surface area contributed by atoms with Crippen LogP contribution >= 0.6 is 0 Å². The fraction of sp³-hybridized carbons (Fsp3) is 0.429. The maximum atomic E-state index is 13.8. The number of nitrogens with zero attached hydrogens (tertiary/aromatic N) is 2. The number of rotatable bonds is 11. The van der Waals surface area contributed by atoms with Gasteiger partial charge in [-0.1, -0.05) is 12.2 Å². The van der Waals surface area contributed by atoms with Gasteiger partial charge in [-0.3, -0.25) is 4.98 Å². The highest BCUT2D eigenvalue weighted by atomic mass is 19.1. The lowest BCUT2D eigenvalue weighted by atomic mass is 9.91. The second-order valence-corrected chi connectivity index (χ2v) is 9.41. The number of hydrogen-bond acceptors (Lipinski definition) is 8. The van der Waals surface area contributed by atoms with Gasteiger partial charge in [0, 0.05) is 43.3 Å². The van der Waals surface area contributed by atoms with Crippen molar-refractivity contribution in [2.24, 2.45) is 0 Å². The average Bonchev–Trinajstić information content (AvgIpc) is 2.93. The molecule has 3 heterocycles. The summed E-state index contributed by atoms with van der Waals surface area (Å²) >= 11 is 0. The Kier molecular flexibility index (Phi) is 9.70. The lowest BCUT2D eigenvalue weighted by Gasteiger charge is -2.39. The Morgan fingerprint density at radius 2 is 2.03 bits per heavy atom. The summed E-state index contributed by atoms with van der Waals surface area (Å²) in [5, 5.41) is 33.9. The molecule has 4 rings (SSSR count).